The summed E-state index contributed by atoms with van der Waals surface area (Å²) in [5, 5.41) is 0. The van der Waals surface area contributed by atoms with Gasteiger partial charge in [0.1, 0.15) is 13.2 Å². The average molecular weight is 279 g/mol. The Morgan fingerprint density at radius 2 is 2.05 bits per heavy atom. The van der Waals surface area contributed by atoms with E-state index in [0.717, 1.165) is 0 Å². The Balaban J connectivity index is 2.29. The summed E-state index contributed by atoms with van der Waals surface area (Å²) in [4.78, 5) is 14.9. The fourth-order valence-electron chi connectivity index (χ4n) is 1.10. The molecule has 0 fully saturated rings. The van der Waals surface area contributed by atoms with Crippen molar-refractivity contribution in [1.29, 1.82) is 0 Å². The van der Waals surface area contributed by atoms with Crippen LogP contribution in [0.5, 0.6) is 5.88 Å². The quantitative estimate of drug-likeness (QED) is 0.587. The van der Waals surface area contributed by atoms with E-state index in [4.69, 9.17) is 4.74 Å². The van der Waals surface area contributed by atoms with Gasteiger partial charge in [0.05, 0.1) is 19.3 Å². The largest absolute Gasteiger partial charge is 0.475 e. The Morgan fingerprint density at radius 1 is 1.32 bits per heavy atom. The van der Waals surface area contributed by atoms with Crippen molar-refractivity contribution >= 4 is 5.97 Å². The minimum absolute atomic E-state index is 0.0688. The molecular weight excluding hydrogens is 267 g/mol. The lowest BCUT2D eigenvalue weighted by Gasteiger charge is -2.08. The van der Waals surface area contributed by atoms with Crippen LogP contribution in [0.25, 0.3) is 0 Å². The number of halogens is 3. The molecule has 0 aliphatic heterocycles. The van der Waals surface area contributed by atoms with Gasteiger partial charge >= 0.3 is 12.1 Å². The fourth-order valence-corrected chi connectivity index (χ4v) is 1.10. The molecule has 0 aliphatic rings. The van der Waals surface area contributed by atoms with E-state index >= 15 is 0 Å². The van der Waals surface area contributed by atoms with Gasteiger partial charge in [0, 0.05) is 12.3 Å². The number of methoxy groups -OCH3 is 1. The summed E-state index contributed by atoms with van der Waals surface area (Å²) in [6.07, 6.45) is -3.10. The molecule has 19 heavy (non-hydrogen) atoms. The predicted octanol–water partition coefficient (Wildman–Crippen LogP) is 1.83. The third kappa shape index (κ3) is 6.05. The summed E-state index contributed by atoms with van der Waals surface area (Å²) in [6, 6.07) is 2.85. The predicted molar refractivity (Wildman–Crippen MR) is 57.9 cm³/mol. The highest BCUT2D eigenvalue weighted by Crippen LogP contribution is 2.14. The van der Waals surface area contributed by atoms with Gasteiger partial charge < -0.3 is 14.2 Å². The van der Waals surface area contributed by atoms with Crippen LogP contribution < -0.4 is 4.74 Å². The molecule has 106 valence electrons. The number of rotatable bonds is 6. The number of ether oxygens (including phenoxy) is 3. The first-order valence-corrected chi connectivity index (χ1v) is 5.24. The van der Waals surface area contributed by atoms with Crippen LogP contribution >= 0.6 is 0 Å². The van der Waals surface area contributed by atoms with Crippen LogP contribution in [0.1, 0.15) is 10.4 Å². The number of hydrogen-bond donors (Lipinski definition) is 0. The molecule has 5 nitrogen and oxygen atoms in total. The van der Waals surface area contributed by atoms with Crippen LogP contribution in [-0.2, 0) is 9.47 Å². The molecule has 0 saturated heterocycles. The van der Waals surface area contributed by atoms with Crippen LogP contribution in [0.4, 0.5) is 13.2 Å². The van der Waals surface area contributed by atoms with Gasteiger partial charge in [0.15, 0.2) is 0 Å². The van der Waals surface area contributed by atoms with Crippen LogP contribution in [0.2, 0.25) is 0 Å². The molecule has 0 bridgehead atoms. The van der Waals surface area contributed by atoms with Gasteiger partial charge in [-0.05, 0) is 6.07 Å². The Morgan fingerprint density at radius 3 is 2.58 bits per heavy atom. The van der Waals surface area contributed by atoms with Gasteiger partial charge in [0.25, 0.3) is 0 Å². The molecule has 0 spiro atoms. The van der Waals surface area contributed by atoms with Gasteiger partial charge in [-0.25, -0.2) is 9.78 Å². The number of alkyl halides is 3. The molecule has 8 heteroatoms. The maximum atomic E-state index is 11.7. The number of aromatic nitrogens is 1. The van der Waals surface area contributed by atoms with Crippen molar-refractivity contribution in [2.24, 2.45) is 0 Å². The molecule has 0 unspecified atom stereocenters. The second-order valence-corrected chi connectivity index (χ2v) is 3.39. The number of esters is 1. The summed E-state index contributed by atoms with van der Waals surface area (Å²) >= 11 is 0. The molecule has 1 rings (SSSR count). The zero-order valence-corrected chi connectivity index (χ0v) is 10.1. The Labute approximate surface area is 107 Å². The standard InChI is InChI=1S/C11H12F3NO4/c1-17-10(16)8-2-3-9(15-6-8)19-5-4-18-7-11(12,13)14/h2-3,6H,4-5,7H2,1H3. The van der Waals surface area contributed by atoms with Gasteiger partial charge in [0.2, 0.25) is 5.88 Å². The Bertz CT molecular complexity index is 405. The van der Waals surface area contributed by atoms with E-state index in [9.17, 15) is 18.0 Å². The summed E-state index contributed by atoms with van der Waals surface area (Å²) in [5.41, 5.74) is 0.253. The zero-order chi connectivity index (χ0) is 14.3. The molecule has 1 aromatic rings. The van der Waals surface area contributed by atoms with E-state index in [1.807, 2.05) is 0 Å². The summed E-state index contributed by atoms with van der Waals surface area (Å²) in [7, 11) is 1.24. The molecule has 0 saturated carbocycles. The van der Waals surface area contributed by atoms with Crippen molar-refractivity contribution in [1.82, 2.24) is 4.98 Å². The van der Waals surface area contributed by atoms with Crippen molar-refractivity contribution < 1.29 is 32.2 Å². The maximum Gasteiger partial charge on any atom is 0.411 e. The smallest absolute Gasteiger partial charge is 0.411 e. The van der Waals surface area contributed by atoms with Crippen molar-refractivity contribution in [2.75, 3.05) is 26.9 Å². The Kier molecular flexibility index (Phi) is 5.56. The monoisotopic (exact) mass is 279 g/mol. The minimum atomic E-state index is -4.35. The zero-order valence-electron chi connectivity index (χ0n) is 10.1. The second kappa shape index (κ2) is 6.93. The van der Waals surface area contributed by atoms with Gasteiger partial charge in [-0.3, -0.25) is 0 Å². The lowest BCUT2D eigenvalue weighted by atomic mass is 10.3. The first kappa shape index (κ1) is 15.2. The first-order chi connectivity index (χ1) is 8.92. The lowest BCUT2D eigenvalue weighted by molar-refractivity contribution is -0.175. The third-order valence-corrected chi connectivity index (χ3v) is 1.90. The van der Waals surface area contributed by atoms with Crippen LogP contribution in [-0.4, -0.2) is 44.1 Å². The van der Waals surface area contributed by atoms with Crippen molar-refractivity contribution in [3.05, 3.63) is 23.9 Å². The average Bonchev–Trinajstić information content (AvgIpc) is 2.37. The molecule has 0 aliphatic carbocycles. The SMILES string of the molecule is COC(=O)c1ccc(OCCOCC(F)(F)F)nc1. The molecule has 0 aromatic carbocycles. The molecular formula is C11H12F3NO4. The molecule has 1 aromatic heterocycles. The number of nitrogens with zero attached hydrogens (tertiary/aromatic N) is 1. The third-order valence-electron chi connectivity index (χ3n) is 1.90. The summed E-state index contributed by atoms with van der Waals surface area (Å²) in [6.45, 7) is -1.59. The highest BCUT2D eigenvalue weighted by molar-refractivity contribution is 5.88. The highest BCUT2D eigenvalue weighted by atomic mass is 19.4. The van der Waals surface area contributed by atoms with Crippen LogP contribution in [0.15, 0.2) is 18.3 Å². The lowest BCUT2D eigenvalue weighted by Crippen LogP contribution is -2.19. The number of carbonyl (C=O) groups is 1. The second-order valence-electron chi connectivity index (χ2n) is 3.39. The van der Waals surface area contributed by atoms with E-state index < -0.39 is 18.8 Å². The van der Waals surface area contributed by atoms with Crippen LogP contribution in [0.3, 0.4) is 0 Å². The van der Waals surface area contributed by atoms with Gasteiger partial charge in [-0.15, -0.1) is 0 Å². The molecule has 0 amide bonds. The van der Waals surface area contributed by atoms with E-state index in [0.29, 0.717) is 0 Å². The fraction of sp³-hybridized carbons (Fsp3) is 0.455. The maximum absolute atomic E-state index is 11.7. The number of pyridine rings is 1. The van der Waals surface area contributed by atoms with Crippen molar-refractivity contribution in [3.63, 3.8) is 0 Å². The van der Waals surface area contributed by atoms with Crippen LogP contribution in [0, 0.1) is 0 Å². The molecule has 0 atom stereocenters. The van der Waals surface area contributed by atoms with Gasteiger partial charge in [-0.2, -0.15) is 13.2 Å². The highest BCUT2D eigenvalue weighted by Gasteiger charge is 2.27. The van der Waals surface area contributed by atoms with Crippen molar-refractivity contribution in [2.45, 2.75) is 6.18 Å². The molecule has 1 heterocycles. The number of carbonyl (C=O) groups excluding carboxylic acids is 1. The molecule has 0 radical (unpaired) electrons. The van der Waals surface area contributed by atoms with E-state index in [-0.39, 0.29) is 24.7 Å². The van der Waals surface area contributed by atoms with E-state index in [1.165, 1.54) is 25.4 Å². The van der Waals surface area contributed by atoms with Crippen molar-refractivity contribution in [3.8, 4) is 5.88 Å². The molecule has 0 N–H and O–H groups in total. The topological polar surface area (TPSA) is 57.7 Å². The Hall–Kier alpha value is -1.83. The van der Waals surface area contributed by atoms with Gasteiger partial charge in [-0.1, -0.05) is 0 Å². The minimum Gasteiger partial charge on any atom is -0.475 e. The van der Waals surface area contributed by atoms with E-state index in [2.05, 4.69) is 14.5 Å². The summed E-state index contributed by atoms with van der Waals surface area (Å²) < 4.78 is 49.1. The normalized spacial score (nSPS) is 11.2. The summed E-state index contributed by atoms with van der Waals surface area (Å²) in [5.74, 6) is -0.351. The first-order valence-electron chi connectivity index (χ1n) is 5.24. The number of hydrogen-bond acceptors (Lipinski definition) is 5. The van der Waals surface area contributed by atoms with E-state index in [1.54, 1.807) is 0 Å².